The molecule has 0 aliphatic carbocycles. The molecule has 0 radical (unpaired) electrons. The van der Waals surface area contributed by atoms with Crippen LogP contribution in [0.25, 0.3) is 0 Å². The molecule has 0 heterocycles. The van der Waals surface area contributed by atoms with E-state index in [1.165, 1.54) is 0 Å². The molecule has 0 fully saturated rings. The van der Waals surface area contributed by atoms with Crippen LogP contribution in [0.4, 0.5) is 8.78 Å². The highest BCUT2D eigenvalue weighted by molar-refractivity contribution is 6.34. The summed E-state index contributed by atoms with van der Waals surface area (Å²) in [5, 5.41) is -3.83. The van der Waals surface area contributed by atoms with Gasteiger partial charge in [-0.15, -0.1) is 0 Å². The molecule has 0 rings (SSSR count). The Labute approximate surface area is 80.5 Å². The van der Waals surface area contributed by atoms with Crippen molar-refractivity contribution in [1.82, 2.24) is 0 Å². The number of carbonyl (C=O) groups excluding carboxylic acids is 1. The maximum absolute atomic E-state index is 12.0. The average Bonchev–Trinajstić information content (AvgIpc) is 2.02. The van der Waals surface area contributed by atoms with E-state index in [0.717, 1.165) is 19.1 Å². The van der Waals surface area contributed by atoms with Crippen molar-refractivity contribution in [2.75, 3.05) is 6.61 Å². The summed E-state index contributed by atoms with van der Waals surface area (Å²) < 4.78 is 28.7. The number of allylic oxidation sites excluding steroid dienone is 1. The normalized spacial score (nSPS) is 12.0. The lowest BCUT2D eigenvalue weighted by Gasteiger charge is -2.01. The Morgan fingerprint density at radius 2 is 2.23 bits per heavy atom. The van der Waals surface area contributed by atoms with E-state index in [-0.39, 0.29) is 0 Å². The highest BCUT2D eigenvalue weighted by Crippen LogP contribution is 2.20. The molecule has 0 atom stereocenters. The van der Waals surface area contributed by atoms with Crippen LogP contribution in [0.2, 0.25) is 0 Å². The molecule has 13 heavy (non-hydrogen) atoms. The molecule has 0 amide bonds. The summed E-state index contributed by atoms with van der Waals surface area (Å²) in [4.78, 5) is 10.4. The van der Waals surface area contributed by atoms with Gasteiger partial charge in [0, 0.05) is 6.08 Å². The monoisotopic (exact) mass is 212 g/mol. The van der Waals surface area contributed by atoms with Gasteiger partial charge in [-0.3, -0.25) is 4.79 Å². The predicted molar refractivity (Wildman–Crippen MR) is 45.8 cm³/mol. The van der Waals surface area contributed by atoms with E-state index in [0.29, 0.717) is 12.7 Å². The molecule has 0 unspecified atom stereocenters. The molecule has 0 aromatic rings. The Morgan fingerprint density at radius 3 is 2.69 bits per heavy atom. The first-order chi connectivity index (χ1) is 5.98. The molecule has 0 aliphatic rings. The van der Waals surface area contributed by atoms with Gasteiger partial charge in [0.15, 0.2) is 0 Å². The minimum absolute atomic E-state index is 0.411. The Bertz CT molecular complexity index is 187. The van der Waals surface area contributed by atoms with Crippen molar-refractivity contribution < 1.29 is 18.3 Å². The highest BCUT2D eigenvalue weighted by atomic mass is 35.5. The van der Waals surface area contributed by atoms with Crippen LogP contribution in [0.3, 0.4) is 0 Å². The summed E-state index contributed by atoms with van der Waals surface area (Å²) in [6.45, 7) is 2.37. The lowest BCUT2D eigenvalue weighted by molar-refractivity contribution is -0.128. The van der Waals surface area contributed by atoms with Gasteiger partial charge in [0.05, 0.1) is 12.9 Å². The van der Waals surface area contributed by atoms with E-state index in [9.17, 15) is 13.6 Å². The van der Waals surface area contributed by atoms with Crippen molar-refractivity contribution >= 4 is 17.4 Å². The van der Waals surface area contributed by atoms with E-state index < -0.39 is 11.2 Å². The van der Waals surface area contributed by atoms with Crippen molar-refractivity contribution in [1.29, 1.82) is 0 Å². The molecule has 0 aliphatic heterocycles. The van der Waals surface area contributed by atoms with E-state index in [2.05, 4.69) is 11.6 Å². The van der Waals surface area contributed by atoms with Crippen molar-refractivity contribution in [3.8, 4) is 0 Å². The predicted octanol–water partition coefficient (Wildman–Crippen LogP) is 2.72. The van der Waals surface area contributed by atoms with E-state index >= 15 is 0 Å². The van der Waals surface area contributed by atoms with Gasteiger partial charge in [0.2, 0.25) is 5.78 Å². The topological polar surface area (TPSA) is 26.3 Å². The minimum Gasteiger partial charge on any atom is -0.501 e. The van der Waals surface area contributed by atoms with Crippen LogP contribution in [0.5, 0.6) is 0 Å². The van der Waals surface area contributed by atoms with Gasteiger partial charge in [0.1, 0.15) is 0 Å². The number of ketones is 1. The van der Waals surface area contributed by atoms with E-state index in [4.69, 9.17) is 4.74 Å². The first-order valence-corrected chi connectivity index (χ1v) is 4.25. The number of carbonyl (C=O) groups is 1. The second kappa shape index (κ2) is 5.91. The van der Waals surface area contributed by atoms with Crippen molar-refractivity contribution in [3.63, 3.8) is 0 Å². The van der Waals surface area contributed by atoms with Crippen LogP contribution in [0.1, 0.15) is 19.8 Å². The Kier molecular flexibility index (Phi) is 5.62. The van der Waals surface area contributed by atoms with Crippen LogP contribution in [0.15, 0.2) is 12.3 Å². The first kappa shape index (κ1) is 12.4. The molecule has 0 spiro atoms. The number of alkyl halides is 3. The smallest absolute Gasteiger partial charge is 0.384 e. The first-order valence-electron chi connectivity index (χ1n) is 3.87. The Balaban J connectivity index is 3.67. The molecule has 76 valence electrons. The zero-order valence-electron chi connectivity index (χ0n) is 7.23. The second-order valence-electron chi connectivity index (χ2n) is 2.39. The fourth-order valence-electron chi connectivity index (χ4n) is 0.500. The third-order valence-corrected chi connectivity index (χ3v) is 1.40. The van der Waals surface area contributed by atoms with Gasteiger partial charge < -0.3 is 4.74 Å². The largest absolute Gasteiger partial charge is 0.501 e. The summed E-state index contributed by atoms with van der Waals surface area (Å²) in [6, 6.07) is 0. The fourth-order valence-corrected chi connectivity index (χ4v) is 0.563. The lowest BCUT2D eigenvalue weighted by atomic mass is 10.4. The van der Waals surface area contributed by atoms with Crippen LogP contribution in [0, 0.1) is 0 Å². The molecule has 0 N–H and O–H groups in total. The Hall–Kier alpha value is -0.640. The molecular formula is C8H11ClF2O2. The zero-order chi connectivity index (χ0) is 10.3. The quantitative estimate of drug-likeness (QED) is 0.293. The van der Waals surface area contributed by atoms with Gasteiger partial charge in [0.25, 0.3) is 0 Å². The zero-order valence-corrected chi connectivity index (χ0v) is 7.98. The maximum Gasteiger partial charge on any atom is 0.384 e. The molecule has 0 aromatic heterocycles. The van der Waals surface area contributed by atoms with Crippen molar-refractivity contribution in [2.45, 2.75) is 25.1 Å². The van der Waals surface area contributed by atoms with Crippen LogP contribution in [-0.4, -0.2) is 17.8 Å². The van der Waals surface area contributed by atoms with Crippen molar-refractivity contribution in [2.24, 2.45) is 0 Å². The highest BCUT2D eigenvalue weighted by Gasteiger charge is 2.33. The molecular weight excluding hydrogens is 202 g/mol. The van der Waals surface area contributed by atoms with Gasteiger partial charge in [-0.1, -0.05) is 13.3 Å². The van der Waals surface area contributed by atoms with Gasteiger partial charge in [-0.05, 0) is 18.0 Å². The SMILES string of the molecule is CCCCOC=CC(=O)C(F)(F)Cl. The lowest BCUT2D eigenvalue weighted by Crippen LogP contribution is -2.18. The number of hydrogen-bond acceptors (Lipinski definition) is 2. The Morgan fingerprint density at radius 1 is 1.62 bits per heavy atom. The maximum atomic E-state index is 12.0. The summed E-state index contributed by atoms with van der Waals surface area (Å²) in [6.07, 6.45) is 3.32. The van der Waals surface area contributed by atoms with Crippen LogP contribution >= 0.6 is 11.6 Å². The van der Waals surface area contributed by atoms with Gasteiger partial charge in [-0.2, -0.15) is 8.78 Å². The summed E-state index contributed by atoms with van der Waals surface area (Å²) >= 11 is 4.43. The molecule has 0 aromatic carbocycles. The number of hydrogen-bond donors (Lipinski definition) is 0. The molecule has 0 saturated carbocycles. The van der Waals surface area contributed by atoms with Crippen molar-refractivity contribution in [3.05, 3.63) is 12.3 Å². The number of rotatable bonds is 6. The van der Waals surface area contributed by atoms with Gasteiger partial charge >= 0.3 is 5.38 Å². The summed E-state index contributed by atoms with van der Waals surface area (Å²) in [7, 11) is 0. The fraction of sp³-hybridized carbons (Fsp3) is 0.625. The number of ether oxygens (including phenoxy) is 1. The number of unbranched alkanes of at least 4 members (excludes halogenated alkanes) is 1. The van der Waals surface area contributed by atoms with E-state index in [1.807, 2.05) is 6.92 Å². The summed E-state index contributed by atoms with van der Waals surface area (Å²) in [5.74, 6) is -1.47. The molecule has 2 nitrogen and oxygen atoms in total. The standard InChI is InChI=1S/C8H11ClF2O2/c1-2-3-5-13-6-4-7(12)8(9,10)11/h4,6H,2-3,5H2,1H3. The third-order valence-electron chi connectivity index (χ3n) is 1.21. The molecule has 5 heteroatoms. The molecule has 0 bridgehead atoms. The number of halogens is 3. The molecule has 0 saturated heterocycles. The second-order valence-corrected chi connectivity index (χ2v) is 2.86. The van der Waals surface area contributed by atoms with Crippen LogP contribution < -0.4 is 0 Å². The minimum atomic E-state index is -3.83. The third kappa shape index (κ3) is 6.51. The average molecular weight is 213 g/mol. The van der Waals surface area contributed by atoms with Crippen LogP contribution in [-0.2, 0) is 9.53 Å². The van der Waals surface area contributed by atoms with E-state index in [1.54, 1.807) is 0 Å². The summed E-state index contributed by atoms with van der Waals surface area (Å²) in [5.41, 5.74) is 0. The van der Waals surface area contributed by atoms with Gasteiger partial charge in [-0.25, -0.2) is 0 Å².